The first-order valence-electron chi connectivity index (χ1n) is 6.53. The highest BCUT2D eigenvalue weighted by Crippen LogP contribution is 2.36. The third-order valence-corrected chi connectivity index (χ3v) is 3.31. The number of hydrogen-bond acceptors (Lipinski definition) is 3. The normalized spacial score (nSPS) is 17.9. The van der Waals surface area contributed by atoms with Crippen LogP contribution in [0.25, 0.3) is 0 Å². The predicted molar refractivity (Wildman–Crippen MR) is 73.2 cm³/mol. The Morgan fingerprint density at radius 2 is 2.21 bits per heavy atom. The van der Waals surface area contributed by atoms with Crippen molar-refractivity contribution in [3.8, 4) is 11.8 Å². The maximum atomic E-state index is 12.2. The maximum Gasteiger partial charge on any atom is 0.267 e. The first-order valence-corrected chi connectivity index (χ1v) is 6.53. The van der Waals surface area contributed by atoms with Crippen molar-refractivity contribution < 1.29 is 9.53 Å². The number of amides is 1. The van der Waals surface area contributed by atoms with Crippen LogP contribution in [-0.4, -0.2) is 18.6 Å². The quantitative estimate of drug-likeness (QED) is 0.837. The predicted octanol–water partition coefficient (Wildman–Crippen LogP) is 2.84. The summed E-state index contributed by atoms with van der Waals surface area (Å²) < 4.78 is 5.61. The summed E-state index contributed by atoms with van der Waals surface area (Å²) in [5, 5.41) is 8.72. The molecule has 2 rings (SSSR count). The van der Waals surface area contributed by atoms with Crippen molar-refractivity contribution in [3.05, 3.63) is 23.8 Å². The first kappa shape index (κ1) is 13.4. The molecule has 1 aliphatic rings. The lowest BCUT2D eigenvalue weighted by Gasteiger charge is -2.33. The molecule has 4 nitrogen and oxygen atoms in total. The van der Waals surface area contributed by atoms with Gasteiger partial charge in [-0.2, -0.15) is 5.26 Å². The van der Waals surface area contributed by atoms with Crippen molar-refractivity contribution in [2.75, 3.05) is 11.4 Å². The number of nitrogens with zero attached hydrogens (tertiary/aromatic N) is 2. The van der Waals surface area contributed by atoms with Crippen LogP contribution in [0.3, 0.4) is 0 Å². The molecular weight excluding hydrogens is 240 g/mol. The van der Waals surface area contributed by atoms with E-state index in [1.807, 2.05) is 18.2 Å². The fourth-order valence-electron chi connectivity index (χ4n) is 2.18. The van der Waals surface area contributed by atoms with E-state index >= 15 is 0 Å². The highest BCUT2D eigenvalue weighted by atomic mass is 16.5. The van der Waals surface area contributed by atoms with Gasteiger partial charge in [-0.05, 0) is 30.5 Å². The lowest BCUT2D eigenvalue weighted by atomic mass is 10.0. The smallest absolute Gasteiger partial charge is 0.267 e. The average molecular weight is 258 g/mol. The Hall–Kier alpha value is -2.02. The first-order chi connectivity index (χ1) is 9.04. The van der Waals surface area contributed by atoms with E-state index in [9.17, 15) is 4.79 Å². The van der Waals surface area contributed by atoms with Crippen molar-refractivity contribution in [2.24, 2.45) is 0 Å². The van der Waals surface area contributed by atoms with Crippen LogP contribution in [0.5, 0.6) is 5.75 Å². The van der Waals surface area contributed by atoms with Gasteiger partial charge in [-0.3, -0.25) is 4.79 Å². The van der Waals surface area contributed by atoms with Gasteiger partial charge in [-0.25, -0.2) is 0 Å². The zero-order valence-electron chi connectivity index (χ0n) is 11.5. The highest BCUT2D eigenvalue weighted by Gasteiger charge is 2.31. The molecule has 0 spiro atoms. The van der Waals surface area contributed by atoms with Crippen molar-refractivity contribution >= 4 is 11.6 Å². The molecule has 19 heavy (non-hydrogen) atoms. The number of hydrogen-bond donors (Lipinski definition) is 0. The van der Waals surface area contributed by atoms with Gasteiger partial charge < -0.3 is 9.64 Å². The number of ether oxygens (including phenoxy) is 1. The van der Waals surface area contributed by atoms with E-state index < -0.39 is 6.10 Å². The van der Waals surface area contributed by atoms with Crippen molar-refractivity contribution in [1.29, 1.82) is 5.26 Å². The Morgan fingerprint density at radius 1 is 1.47 bits per heavy atom. The molecule has 1 atom stereocenters. The molecule has 1 heterocycles. The number of carbonyl (C=O) groups is 1. The zero-order chi connectivity index (χ0) is 14.0. The molecule has 1 aromatic carbocycles. The Labute approximate surface area is 113 Å². The minimum Gasteiger partial charge on any atom is -0.479 e. The largest absolute Gasteiger partial charge is 0.479 e. The Kier molecular flexibility index (Phi) is 3.75. The molecule has 1 aromatic rings. The van der Waals surface area contributed by atoms with Gasteiger partial charge in [0.2, 0.25) is 0 Å². The maximum absolute atomic E-state index is 12.2. The van der Waals surface area contributed by atoms with E-state index in [0.29, 0.717) is 18.9 Å². The fraction of sp³-hybridized carbons (Fsp3) is 0.467. The molecule has 0 saturated carbocycles. The van der Waals surface area contributed by atoms with E-state index in [1.165, 1.54) is 0 Å². The SMILES string of the molecule is CC1Oc2ccc(C(C)C)cc2N(CCC#N)C1=O. The van der Waals surface area contributed by atoms with Gasteiger partial charge in [0, 0.05) is 6.54 Å². The number of rotatable bonds is 3. The minimum atomic E-state index is -0.490. The summed E-state index contributed by atoms with van der Waals surface area (Å²) in [6.45, 7) is 6.36. The second kappa shape index (κ2) is 5.31. The molecule has 0 bridgehead atoms. The van der Waals surface area contributed by atoms with Crippen LogP contribution >= 0.6 is 0 Å². The van der Waals surface area contributed by atoms with Crippen LogP contribution in [0.1, 0.15) is 38.7 Å². The lowest BCUT2D eigenvalue weighted by Crippen LogP contribution is -2.44. The van der Waals surface area contributed by atoms with E-state index in [1.54, 1.807) is 11.8 Å². The summed E-state index contributed by atoms with van der Waals surface area (Å²) in [5.41, 5.74) is 1.94. The minimum absolute atomic E-state index is 0.0799. The average Bonchev–Trinajstić information content (AvgIpc) is 2.39. The number of nitriles is 1. The van der Waals surface area contributed by atoms with Gasteiger partial charge in [-0.1, -0.05) is 19.9 Å². The molecule has 1 unspecified atom stereocenters. The topological polar surface area (TPSA) is 53.3 Å². The van der Waals surface area contributed by atoms with Gasteiger partial charge in [0.15, 0.2) is 6.10 Å². The van der Waals surface area contributed by atoms with Crippen LogP contribution in [0, 0.1) is 11.3 Å². The lowest BCUT2D eigenvalue weighted by molar-refractivity contribution is -0.125. The van der Waals surface area contributed by atoms with E-state index in [2.05, 4.69) is 19.9 Å². The molecule has 0 aliphatic carbocycles. The fourth-order valence-corrected chi connectivity index (χ4v) is 2.18. The molecule has 1 amide bonds. The molecule has 1 aliphatic heterocycles. The molecular formula is C15H18N2O2. The summed E-state index contributed by atoms with van der Waals surface area (Å²) in [5.74, 6) is 1.02. The second-order valence-corrected chi connectivity index (χ2v) is 5.04. The monoisotopic (exact) mass is 258 g/mol. The third-order valence-electron chi connectivity index (χ3n) is 3.31. The summed E-state index contributed by atoms with van der Waals surface area (Å²) in [7, 11) is 0. The molecule has 0 radical (unpaired) electrons. The Balaban J connectivity index is 2.42. The van der Waals surface area contributed by atoms with E-state index in [4.69, 9.17) is 10.00 Å². The molecule has 0 saturated heterocycles. The number of benzene rings is 1. The third kappa shape index (κ3) is 2.55. The summed E-state index contributed by atoms with van der Waals surface area (Å²) in [6.07, 6.45) is -0.167. The molecule has 100 valence electrons. The standard InChI is InChI=1S/C15H18N2O2/c1-10(2)12-5-6-14-13(9-12)17(8-4-7-16)15(18)11(3)19-14/h5-6,9-11H,4,8H2,1-3H3. The highest BCUT2D eigenvalue weighted by molar-refractivity contribution is 5.99. The van der Waals surface area contributed by atoms with Gasteiger partial charge in [0.25, 0.3) is 5.91 Å². The molecule has 4 heteroatoms. The Morgan fingerprint density at radius 3 is 2.84 bits per heavy atom. The van der Waals surface area contributed by atoms with Crippen LogP contribution in [0.2, 0.25) is 0 Å². The van der Waals surface area contributed by atoms with Crippen molar-refractivity contribution in [1.82, 2.24) is 0 Å². The van der Waals surface area contributed by atoms with Crippen molar-refractivity contribution in [2.45, 2.75) is 39.2 Å². The van der Waals surface area contributed by atoms with Gasteiger partial charge in [0.05, 0.1) is 18.2 Å². The van der Waals surface area contributed by atoms with Crippen LogP contribution in [-0.2, 0) is 4.79 Å². The molecule has 0 N–H and O–H groups in total. The van der Waals surface area contributed by atoms with Crippen LogP contribution < -0.4 is 9.64 Å². The number of anilines is 1. The second-order valence-electron chi connectivity index (χ2n) is 5.04. The molecule has 0 aromatic heterocycles. The zero-order valence-corrected chi connectivity index (χ0v) is 11.5. The molecule has 0 fully saturated rings. The van der Waals surface area contributed by atoms with Crippen LogP contribution in [0.15, 0.2) is 18.2 Å². The van der Waals surface area contributed by atoms with Gasteiger partial charge >= 0.3 is 0 Å². The van der Waals surface area contributed by atoms with Crippen molar-refractivity contribution in [3.63, 3.8) is 0 Å². The summed E-state index contributed by atoms with van der Waals surface area (Å²) in [6, 6.07) is 8.00. The number of fused-ring (bicyclic) bond motifs is 1. The van der Waals surface area contributed by atoms with Gasteiger partial charge in [0.1, 0.15) is 5.75 Å². The number of carbonyl (C=O) groups excluding carboxylic acids is 1. The summed E-state index contributed by atoms with van der Waals surface area (Å²) in [4.78, 5) is 13.8. The van der Waals surface area contributed by atoms with E-state index in [0.717, 1.165) is 17.0 Å². The van der Waals surface area contributed by atoms with Gasteiger partial charge in [-0.15, -0.1) is 0 Å². The van der Waals surface area contributed by atoms with Crippen LogP contribution in [0.4, 0.5) is 5.69 Å². The Bertz CT molecular complexity index is 531. The summed E-state index contributed by atoms with van der Waals surface area (Å²) >= 11 is 0. The van der Waals surface area contributed by atoms with E-state index in [-0.39, 0.29) is 5.91 Å².